The maximum Gasteiger partial charge on any atom is 0.250 e. The molecule has 1 fully saturated rings. The van der Waals surface area contributed by atoms with Crippen molar-refractivity contribution in [2.75, 3.05) is 31.2 Å². The van der Waals surface area contributed by atoms with Crippen molar-refractivity contribution >= 4 is 29.1 Å². The molecule has 0 bridgehead atoms. The number of carbonyl (C=O) groups is 1. The van der Waals surface area contributed by atoms with Gasteiger partial charge in [0.15, 0.2) is 0 Å². The number of aromatic nitrogens is 3. The minimum absolute atomic E-state index is 0.0931. The highest BCUT2D eigenvalue weighted by molar-refractivity contribution is 6.31. The average Bonchev–Trinajstić information content (AvgIpc) is 3.36. The van der Waals surface area contributed by atoms with Gasteiger partial charge in [0.1, 0.15) is 5.69 Å². The van der Waals surface area contributed by atoms with E-state index in [0.29, 0.717) is 39.3 Å². The van der Waals surface area contributed by atoms with E-state index in [0.717, 1.165) is 48.3 Å². The van der Waals surface area contributed by atoms with Crippen LogP contribution in [0.3, 0.4) is 0 Å². The van der Waals surface area contributed by atoms with E-state index < -0.39 is 5.91 Å². The lowest BCUT2D eigenvalue weighted by molar-refractivity contribution is 0.100. The maximum absolute atomic E-state index is 12.4. The summed E-state index contributed by atoms with van der Waals surface area (Å²) in [5, 5.41) is 4.18. The number of piperidine rings is 1. The van der Waals surface area contributed by atoms with Crippen molar-refractivity contribution in [1.82, 2.24) is 19.9 Å². The molecule has 0 unspecified atom stereocenters. The molecule has 1 aliphatic rings. The smallest absolute Gasteiger partial charge is 0.250 e. The number of hydrogen-bond acceptors (Lipinski definition) is 6. The van der Waals surface area contributed by atoms with Gasteiger partial charge in [0, 0.05) is 34.1 Å². The fourth-order valence-electron chi connectivity index (χ4n) is 4.76. The summed E-state index contributed by atoms with van der Waals surface area (Å²) >= 11 is 6.25. The standard InChI is InChI=1S/C30H30ClN7O/c1-18-6-9-21(31)15-24(18)28-25(29(32)39)16-26(36-28)27-20(17-34-30(33)37-27)8-7-19-4-3-5-23(14-19)35-22-10-12-38(2)13-11-22/h3-6,9,14-17,22,35-36H,10-13H2,1-2H3,(H2,32,39)(H2,33,34,37). The van der Waals surface area contributed by atoms with Crippen LogP contribution in [0.15, 0.2) is 54.7 Å². The summed E-state index contributed by atoms with van der Waals surface area (Å²) in [6, 6.07) is 15.6. The number of nitrogen functional groups attached to an aromatic ring is 1. The number of aryl methyl sites for hydroxylation is 1. The molecule has 8 nitrogen and oxygen atoms in total. The summed E-state index contributed by atoms with van der Waals surface area (Å²) in [7, 11) is 2.16. The molecule has 9 heteroatoms. The normalized spacial score (nSPS) is 14.0. The summed E-state index contributed by atoms with van der Waals surface area (Å²) in [5.74, 6) is 5.93. The SMILES string of the molecule is Cc1ccc(Cl)cc1-c1[nH]c(-c2nc(N)ncc2C#Cc2cccc(NC3CCN(C)CC3)c2)cc1C(N)=O. The van der Waals surface area contributed by atoms with Gasteiger partial charge in [-0.05, 0) is 81.9 Å². The number of nitrogens with one attached hydrogen (secondary N) is 2. The van der Waals surface area contributed by atoms with Crippen LogP contribution in [-0.4, -0.2) is 51.9 Å². The van der Waals surface area contributed by atoms with Gasteiger partial charge in [-0.25, -0.2) is 9.97 Å². The van der Waals surface area contributed by atoms with Crippen LogP contribution >= 0.6 is 11.6 Å². The quantitative estimate of drug-likeness (QED) is 0.273. The third-order valence-corrected chi connectivity index (χ3v) is 7.14. The number of carbonyl (C=O) groups excluding carboxylic acids is 1. The summed E-state index contributed by atoms with van der Waals surface area (Å²) in [4.78, 5) is 26.6. The number of H-pyrrole nitrogens is 1. The van der Waals surface area contributed by atoms with Crippen LogP contribution in [0.25, 0.3) is 22.6 Å². The highest BCUT2D eigenvalue weighted by Crippen LogP contribution is 2.33. The summed E-state index contributed by atoms with van der Waals surface area (Å²) in [5.41, 5.74) is 17.7. The van der Waals surface area contributed by atoms with E-state index in [1.54, 1.807) is 24.4 Å². The Balaban J connectivity index is 1.48. The number of benzene rings is 2. The van der Waals surface area contributed by atoms with Crippen molar-refractivity contribution < 1.29 is 4.79 Å². The lowest BCUT2D eigenvalue weighted by Crippen LogP contribution is -2.36. The molecule has 2 aromatic heterocycles. The van der Waals surface area contributed by atoms with E-state index in [9.17, 15) is 4.79 Å². The molecule has 198 valence electrons. The lowest BCUT2D eigenvalue weighted by atomic mass is 10.0. The first-order valence-electron chi connectivity index (χ1n) is 12.8. The first kappa shape index (κ1) is 26.3. The Bertz CT molecular complexity index is 1590. The Hall–Kier alpha value is -4.32. The minimum atomic E-state index is -0.574. The number of primary amides is 1. The number of anilines is 2. The molecule has 0 aliphatic carbocycles. The van der Waals surface area contributed by atoms with Gasteiger partial charge in [-0.1, -0.05) is 35.6 Å². The van der Waals surface area contributed by atoms with E-state index in [2.05, 4.69) is 50.1 Å². The van der Waals surface area contributed by atoms with Gasteiger partial charge >= 0.3 is 0 Å². The lowest BCUT2D eigenvalue weighted by Gasteiger charge is -2.30. The van der Waals surface area contributed by atoms with Crippen LogP contribution in [-0.2, 0) is 0 Å². The van der Waals surface area contributed by atoms with Crippen molar-refractivity contribution in [2.24, 2.45) is 5.73 Å². The molecule has 39 heavy (non-hydrogen) atoms. The number of amides is 1. The first-order valence-corrected chi connectivity index (χ1v) is 13.1. The number of aromatic amines is 1. The van der Waals surface area contributed by atoms with E-state index in [4.69, 9.17) is 23.1 Å². The molecule has 6 N–H and O–H groups in total. The van der Waals surface area contributed by atoms with Crippen LogP contribution in [0, 0.1) is 18.8 Å². The molecule has 0 atom stereocenters. The second-order valence-electron chi connectivity index (χ2n) is 9.84. The third-order valence-electron chi connectivity index (χ3n) is 6.91. The number of hydrogen-bond donors (Lipinski definition) is 4. The number of nitrogens with zero attached hydrogens (tertiary/aromatic N) is 3. The molecule has 0 radical (unpaired) electrons. The topological polar surface area (TPSA) is 126 Å². The van der Waals surface area contributed by atoms with Gasteiger partial charge in [-0.15, -0.1) is 0 Å². The highest BCUT2D eigenvalue weighted by atomic mass is 35.5. The van der Waals surface area contributed by atoms with Gasteiger partial charge in [-0.3, -0.25) is 4.79 Å². The van der Waals surface area contributed by atoms with Crippen molar-refractivity contribution in [3.8, 4) is 34.5 Å². The van der Waals surface area contributed by atoms with Gasteiger partial charge in [0.2, 0.25) is 5.95 Å². The number of rotatable bonds is 5. The van der Waals surface area contributed by atoms with Crippen molar-refractivity contribution in [1.29, 1.82) is 0 Å². The summed E-state index contributed by atoms with van der Waals surface area (Å²) in [6.45, 7) is 4.12. The fraction of sp³-hybridized carbons (Fsp3) is 0.233. The molecule has 0 spiro atoms. The van der Waals surface area contributed by atoms with Crippen LogP contribution in [0.4, 0.5) is 11.6 Å². The van der Waals surface area contributed by atoms with Crippen LogP contribution in [0.5, 0.6) is 0 Å². The Morgan fingerprint density at radius 1 is 1.15 bits per heavy atom. The van der Waals surface area contributed by atoms with E-state index in [-0.39, 0.29) is 5.95 Å². The molecule has 3 heterocycles. The van der Waals surface area contributed by atoms with Gasteiger partial charge in [0.25, 0.3) is 5.91 Å². The average molecular weight is 540 g/mol. The number of likely N-dealkylation sites (tertiary alicyclic amines) is 1. The van der Waals surface area contributed by atoms with E-state index >= 15 is 0 Å². The van der Waals surface area contributed by atoms with Crippen LogP contribution < -0.4 is 16.8 Å². The molecule has 1 aliphatic heterocycles. The molecule has 0 saturated carbocycles. The zero-order chi connectivity index (χ0) is 27.5. The Labute approximate surface area is 232 Å². The maximum atomic E-state index is 12.4. The number of halogens is 1. The molecule has 1 saturated heterocycles. The second-order valence-corrected chi connectivity index (χ2v) is 10.3. The number of nitrogens with two attached hydrogens (primary N) is 2. The molecule has 2 aromatic carbocycles. The van der Waals surface area contributed by atoms with Gasteiger partial charge in [-0.2, -0.15) is 0 Å². The third kappa shape index (κ3) is 6.06. The second kappa shape index (κ2) is 11.2. The van der Waals surface area contributed by atoms with Crippen LogP contribution in [0.1, 0.15) is 39.9 Å². The zero-order valence-electron chi connectivity index (χ0n) is 21.9. The van der Waals surface area contributed by atoms with Gasteiger partial charge in [0.05, 0.1) is 22.5 Å². The summed E-state index contributed by atoms with van der Waals surface area (Å²) < 4.78 is 0. The Morgan fingerprint density at radius 2 is 1.95 bits per heavy atom. The molecule has 5 rings (SSSR count). The molecular formula is C30H30ClN7O. The Morgan fingerprint density at radius 3 is 2.72 bits per heavy atom. The predicted octanol–water partition coefficient (Wildman–Crippen LogP) is 4.69. The molecular weight excluding hydrogens is 510 g/mol. The zero-order valence-corrected chi connectivity index (χ0v) is 22.6. The largest absolute Gasteiger partial charge is 0.382 e. The van der Waals surface area contributed by atoms with E-state index in [1.807, 2.05) is 31.2 Å². The Kier molecular flexibility index (Phi) is 7.55. The first-order chi connectivity index (χ1) is 18.8. The fourth-order valence-corrected chi connectivity index (χ4v) is 4.93. The van der Waals surface area contributed by atoms with E-state index in [1.165, 1.54) is 0 Å². The summed E-state index contributed by atoms with van der Waals surface area (Å²) in [6.07, 6.45) is 3.80. The minimum Gasteiger partial charge on any atom is -0.382 e. The monoisotopic (exact) mass is 539 g/mol. The highest BCUT2D eigenvalue weighted by Gasteiger charge is 2.20. The van der Waals surface area contributed by atoms with Crippen molar-refractivity contribution in [3.05, 3.63) is 82.0 Å². The van der Waals surface area contributed by atoms with Crippen LogP contribution in [0.2, 0.25) is 5.02 Å². The van der Waals surface area contributed by atoms with Gasteiger partial charge < -0.3 is 26.7 Å². The molecule has 4 aromatic rings. The predicted molar refractivity (Wildman–Crippen MR) is 156 cm³/mol. The molecule has 1 amide bonds. The van der Waals surface area contributed by atoms with Crippen molar-refractivity contribution in [3.63, 3.8) is 0 Å². The van der Waals surface area contributed by atoms with Crippen molar-refractivity contribution in [2.45, 2.75) is 25.8 Å².